The van der Waals surface area contributed by atoms with Gasteiger partial charge in [0.25, 0.3) is 0 Å². The van der Waals surface area contributed by atoms with E-state index in [-0.39, 0.29) is 28.9 Å². The summed E-state index contributed by atoms with van der Waals surface area (Å²) >= 11 is 0. The maximum Gasteiger partial charge on any atom is 0.314 e. The summed E-state index contributed by atoms with van der Waals surface area (Å²) in [6, 6.07) is 8.99. The van der Waals surface area contributed by atoms with Crippen LogP contribution < -0.4 is 10.3 Å². The third-order valence-electron chi connectivity index (χ3n) is 5.23. The molecule has 0 aliphatic rings. The van der Waals surface area contributed by atoms with Crippen molar-refractivity contribution in [2.24, 2.45) is 5.92 Å². The van der Waals surface area contributed by atoms with E-state index < -0.39 is 27.0 Å². The van der Waals surface area contributed by atoms with Gasteiger partial charge in [-0.05, 0) is 36.2 Å². The van der Waals surface area contributed by atoms with Crippen LogP contribution in [0.2, 0.25) is 0 Å². The number of hydrogen-bond donors (Lipinski definition) is 0. The van der Waals surface area contributed by atoms with E-state index in [0.717, 1.165) is 35.9 Å². The van der Waals surface area contributed by atoms with Crippen molar-refractivity contribution in [3.63, 3.8) is 0 Å². The summed E-state index contributed by atoms with van der Waals surface area (Å²) in [6.07, 6.45) is 4.44. The number of unbranched alkanes of at least 4 members (excludes halogenated alkanes) is 1. The van der Waals surface area contributed by atoms with Crippen LogP contribution in [0.3, 0.4) is 0 Å². The van der Waals surface area contributed by atoms with Gasteiger partial charge in [0.15, 0.2) is 27.2 Å². The van der Waals surface area contributed by atoms with Crippen LogP contribution in [0.4, 0.5) is 8.78 Å². The van der Waals surface area contributed by atoms with E-state index in [1.165, 1.54) is 24.4 Å². The summed E-state index contributed by atoms with van der Waals surface area (Å²) in [4.78, 5) is 13.5. The van der Waals surface area contributed by atoms with Crippen molar-refractivity contribution in [1.29, 1.82) is 0 Å². The quantitative estimate of drug-likeness (QED) is 0.358. The van der Waals surface area contributed by atoms with Gasteiger partial charge in [-0.1, -0.05) is 32.4 Å². The maximum atomic E-state index is 13.8. The molecule has 7 nitrogen and oxygen atoms in total. The highest BCUT2D eigenvalue weighted by molar-refractivity contribution is 7.90. The van der Waals surface area contributed by atoms with Gasteiger partial charge in [-0.25, -0.2) is 17.2 Å². The second-order valence-electron chi connectivity index (χ2n) is 8.34. The highest BCUT2D eigenvalue weighted by atomic mass is 32.2. The topological polar surface area (TPSA) is 87.5 Å². The predicted molar refractivity (Wildman–Crippen MR) is 129 cm³/mol. The molecule has 0 bridgehead atoms. The van der Waals surface area contributed by atoms with Crippen molar-refractivity contribution in [3.05, 3.63) is 70.6 Å². The van der Waals surface area contributed by atoms with Crippen LogP contribution in [0.15, 0.2) is 58.4 Å². The molecular formula is C25H28F2N2O5S. The van der Waals surface area contributed by atoms with E-state index in [4.69, 9.17) is 9.47 Å². The first kappa shape index (κ1) is 26.5. The summed E-state index contributed by atoms with van der Waals surface area (Å²) in [6.45, 7) is 5.23. The molecule has 0 radical (unpaired) electrons. The molecule has 0 saturated heterocycles. The third kappa shape index (κ3) is 6.73. The monoisotopic (exact) mass is 506 g/mol. The lowest BCUT2D eigenvalue weighted by atomic mass is 10.1. The number of halogens is 2. The lowest BCUT2D eigenvalue weighted by molar-refractivity contribution is 0.0828. The lowest BCUT2D eigenvalue weighted by Crippen LogP contribution is -2.26. The zero-order chi connectivity index (χ0) is 25.6. The Morgan fingerprint density at radius 3 is 2.40 bits per heavy atom. The molecule has 0 amide bonds. The number of hydrogen-bond acceptors (Lipinski definition) is 6. The van der Waals surface area contributed by atoms with Crippen molar-refractivity contribution in [2.75, 3.05) is 26.1 Å². The van der Waals surface area contributed by atoms with Gasteiger partial charge in [0, 0.05) is 30.4 Å². The summed E-state index contributed by atoms with van der Waals surface area (Å²) in [7, 11) is -3.40. The number of ether oxygens (including phenoxy) is 2. The molecule has 0 aliphatic heterocycles. The molecule has 35 heavy (non-hydrogen) atoms. The zero-order valence-corrected chi connectivity index (χ0v) is 20.6. The number of aromatic nitrogens is 2. The van der Waals surface area contributed by atoms with E-state index in [9.17, 15) is 22.0 Å². The highest BCUT2D eigenvalue weighted by Crippen LogP contribution is 2.28. The number of benzene rings is 2. The molecule has 0 aliphatic carbocycles. The second kappa shape index (κ2) is 11.5. The average molecular weight is 507 g/mol. The minimum atomic E-state index is -3.40. The van der Waals surface area contributed by atoms with Gasteiger partial charge in [0.05, 0.1) is 30.0 Å². The van der Waals surface area contributed by atoms with E-state index in [2.05, 4.69) is 12.0 Å². The molecule has 3 aromatic rings. The van der Waals surface area contributed by atoms with E-state index in [1.54, 1.807) is 12.1 Å². The average Bonchev–Trinajstić information content (AvgIpc) is 2.82. The van der Waals surface area contributed by atoms with Crippen LogP contribution in [0.25, 0.3) is 16.8 Å². The molecule has 1 aromatic heterocycles. The minimum absolute atomic E-state index is 0.0309. The van der Waals surface area contributed by atoms with Crippen molar-refractivity contribution in [2.45, 2.75) is 31.6 Å². The van der Waals surface area contributed by atoms with Crippen LogP contribution in [0.1, 0.15) is 26.7 Å². The number of rotatable bonds is 11. The van der Waals surface area contributed by atoms with Gasteiger partial charge in [0.2, 0.25) is 0 Å². The maximum absolute atomic E-state index is 13.8. The Kier molecular flexibility index (Phi) is 8.74. The number of sulfone groups is 1. The van der Waals surface area contributed by atoms with E-state index >= 15 is 0 Å². The van der Waals surface area contributed by atoms with Crippen LogP contribution >= 0.6 is 0 Å². The Morgan fingerprint density at radius 2 is 1.77 bits per heavy atom. The van der Waals surface area contributed by atoms with Gasteiger partial charge in [-0.3, -0.25) is 4.79 Å². The molecular weight excluding hydrogens is 478 g/mol. The van der Waals surface area contributed by atoms with Gasteiger partial charge in [0.1, 0.15) is 0 Å². The fourth-order valence-corrected chi connectivity index (χ4v) is 3.90. The Hall–Kier alpha value is -3.11. The predicted octanol–water partition coefficient (Wildman–Crippen LogP) is 4.41. The van der Waals surface area contributed by atoms with Crippen molar-refractivity contribution >= 4 is 9.84 Å². The molecule has 0 N–H and O–H groups in total. The lowest BCUT2D eigenvalue weighted by Gasteiger charge is -2.17. The standard InChI is InChI=1S/C25H28F2N2O5S/c1-4-5-12-33-15-17(2)16-34-24-21(18-6-9-20(10-7-18)35(3,31)32)14-28-29(25(24)30)19-8-11-22(26)23(27)13-19/h6-11,13-14,17H,4-5,12,15-16H2,1-3H3/t17-/m0/s1. The van der Waals surface area contributed by atoms with Gasteiger partial charge >= 0.3 is 5.56 Å². The Bertz CT molecular complexity index is 1320. The molecule has 0 unspecified atom stereocenters. The van der Waals surface area contributed by atoms with Crippen molar-refractivity contribution in [1.82, 2.24) is 9.78 Å². The largest absolute Gasteiger partial charge is 0.487 e. The molecule has 2 aromatic carbocycles. The second-order valence-corrected chi connectivity index (χ2v) is 10.4. The molecule has 3 rings (SSSR count). The smallest absolute Gasteiger partial charge is 0.314 e. The van der Waals surface area contributed by atoms with Crippen LogP contribution in [-0.4, -0.2) is 44.3 Å². The zero-order valence-electron chi connectivity index (χ0n) is 19.8. The first-order chi connectivity index (χ1) is 16.6. The van der Waals surface area contributed by atoms with Gasteiger partial charge < -0.3 is 9.47 Å². The first-order valence-corrected chi connectivity index (χ1v) is 13.1. The first-order valence-electron chi connectivity index (χ1n) is 11.2. The summed E-state index contributed by atoms with van der Waals surface area (Å²) in [5.41, 5.74) is 0.225. The highest BCUT2D eigenvalue weighted by Gasteiger charge is 2.18. The molecule has 1 atom stereocenters. The van der Waals surface area contributed by atoms with Crippen LogP contribution in [-0.2, 0) is 14.6 Å². The fourth-order valence-electron chi connectivity index (χ4n) is 3.27. The molecule has 0 spiro atoms. The van der Waals surface area contributed by atoms with Crippen LogP contribution in [0.5, 0.6) is 5.75 Å². The Labute approximate surface area is 203 Å². The normalized spacial score (nSPS) is 12.5. The molecule has 188 valence electrons. The molecule has 0 fully saturated rings. The van der Waals surface area contributed by atoms with Gasteiger partial charge in [-0.2, -0.15) is 9.78 Å². The summed E-state index contributed by atoms with van der Waals surface area (Å²) in [5.74, 6) is -2.23. The van der Waals surface area contributed by atoms with E-state index in [0.29, 0.717) is 24.3 Å². The summed E-state index contributed by atoms with van der Waals surface area (Å²) in [5, 5.41) is 4.12. The van der Waals surface area contributed by atoms with Crippen LogP contribution in [0, 0.1) is 17.6 Å². The van der Waals surface area contributed by atoms with Gasteiger partial charge in [-0.15, -0.1) is 0 Å². The van der Waals surface area contributed by atoms with Crippen molar-refractivity contribution < 1.29 is 26.7 Å². The van der Waals surface area contributed by atoms with E-state index in [1.807, 2.05) is 6.92 Å². The molecule has 10 heteroatoms. The third-order valence-corrected chi connectivity index (χ3v) is 6.36. The Balaban J connectivity index is 1.98. The molecule has 1 heterocycles. The van der Waals surface area contributed by atoms with Crippen molar-refractivity contribution in [3.8, 4) is 22.6 Å². The minimum Gasteiger partial charge on any atom is -0.487 e. The summed E-state index contributed by atoms with van der Waals surface area (Å²) < 4.78 is 63.2. The fraction of sp³-hybridized carbons (Fsp3) is 0.360. The number of nitrogens with zero attached hydrogens (tertiary/aromatic N) is 2. The Morgan fingerprint density at radius 1 is 1.06 bits per heavy atom. The SMILES string of the molecule is CCCCOC[C@H](C)COc1c(-c2ccc(S(C)(=O)=O)cc2)cnn(-c2ccc(F)c(F)c2)c1=O. The molecule has 0 saturated carbocycles.